The van der Waals surface area contributed by atoms with Crippen LogP contribution in [0.1, 0.15) is 72.1 Å². The topological polar surface area (TPSA) is 55.4 Å². The average Bonchev–Trinajstić information content (AvgIpc) is 2.81. The van der Waals surface area contributed by atoms with Crippen LogP contribution in [-0.4, -0.2) is 17.8 Å². The second-order valence-electron chi connectivity index (χ2n) is 5.95. The molecule has 0 radical (unpaired) electrons. The summed E-state index contributed by atoms with van der Waals surface area (Å²) >= 11 is 0. The quantitative estimate of drug-likeness (QED) is 0.490. The van der Waals surface area contributed by atoms with Crippen molar-refractivity contribution in [1.29, 1.82) is 0 Å². The van der Waals surface area contributed by atoms with Crippen LogP contribution in [0, 0.1) is 0 Å². The summed E-state index contributed by atoms with van der Waals surface area (Å²) in [7, 11) is 0. The van der Waals surface area contributed by atoms with Crippen LogP contribution in [0.25, 0.3) is 0 Å². The third-order valence-corrected chi connectivity index (χ3v) is 3.71. The number of amides is 1. The molecule has 1 fully saturated rings. The molecule has 22 heavy (non-hydrogen) atoms. The summed E-state index contributed by atoms with van der Waals surface area (Å²) in [6.07, 6.45) is 10.9. The Balaban J connectivity index is 2.44. The number of carbonyl (C=O) groups is 2. The maximum Gasteiger partial charge on any atom is 0.267 e. The Morgan fingerprint density at radius 1 is 1.18 bits per heavy atom. The Hall–Kier alpha value is -1.58. The highest BCUT2D eigenvalue weighted by molar-refractivity contribution is 6.00. The molecule has 0 spiro atoms. The van der Waals surface area contributed by atoms with E-state index in [-0.39, 0.29) is 17.6 Å². The molecule has 0 unspecified atom stereocenters. The first-order chi connectivity index (χ1) is 10.6. The van der Waals surface area contributed by atoms with E-state index in [4.69, 9.17) is 4.74 Å². The van der Waals surface area contributed by atoms with Crippen LogP contribution >= 0.6 is 0 Å². The minimum absolute atomic E-state index is 0.126. The molecule has 1 saturated heterocycles. The lowest BCUT2D eigenvalue weighted by Gasteiger charge is -2.05. The second kappa shape index (κ2) is 10.2. The average molecular weight is 307 g/mol. The van der Waals surface area contributed by atoms with Crippen molar-refractivity contribution in [2.45, 2.75) is 78.2 Å². The summed E-state index contributed by atoms with van der Waals surface area (Å²) < 4.78 is 5.49. The Morgan fingerprint density at radius 3 is 2.59 bits per heavy atom. The van der Waals surface area contributed by atoms with Crippen LogP contribution in [0.4, 0.5) is 0 Å². The molecule has 0 aromatic heterocycles. The highest BCUT2D eigenvalue weighted by Crippen LogP contribution is 2.16. The number of hydrogen-bond acceptors (Lipinski definition) is 3. The van der Waals surface area contributed by atoms with Crippen molar-refractivity contribution in [1.82, 2.24) is 5.32 Å². The second-order valence-corrected chi connectivity index (χ2v) is 5.95. The van der Waals surface area contributed by atoms with E-state index >= 15 is 0 Å². The molecule has 0 aliphatic carbocycles. The molecule has 0 aromatic rings. The summed E-state index contributed by atoms with van der Waals surface area (Å²) in [5, 5.41) is 2.63. The molecule has 1 atom stereocenters. The Labute approximate surface area is 134 Å². The highest BCUT2D eigenvalue weighted by Gasteiger charge is 2.29. The number of allylic oxidation sites excluding steroid dienone is 3. The monoisotopic (exact) mass is 307 g/mol. The molecule has 1 heterocycles. The van der Waals surface area contributed by atoms with Gasteiger partial charge >= 0.3 is 0 Å². The smallest absolute Gasteiger partial charge is 0.267 e. The summed E-state index contributed by atoms with van der Waals surface area (Å²) in [5.74, 6) is 0.0123. The lowest BCUT2D eigenvalue weighted by molar-refractivity contribution is -0.123. The Kier molecular flexibility index (Phi) is 8.56. The van der Waals surface area contributed by atoms with Crippen molar-refractivity contribution in [3.63, 3.8) is 0 Å². The van der Waals surface area contributed by atoms with Crippen molar-refractivity contribution in [3.05, 3.63) is 23.6 Å². The van der Waals surface area contributed by atoms with Crippen LogP contribution < -0.4 is 5.32 Å². The van der Waals surface area contributed by atoms with Crippen LogP contribution in [0.5, 0.6) is 0 Å². The molecule has 124 valence electrons. The van der Waals surface area contributed by atoms with Gasteiger partial charge in [-0.05, 0) is 38.7 Å². The molecule has 0 bridgehead atoms. The first kappa shape index (κ1) is 18.5. The zero-order valence-electron chi connectivity index (χ0n) is 14.1. The molecule has 1 amide bonds. The van der Waals surface area contributed by atoms with Crippen molar-refractivity contribution in [2.75, 3.05) is 0 Å². The third kappa shape index (κ3) is 6.92. The lowest BCUT2D eigenvalue weighted by Crippen LogP contribution is -2.22. The summed E-state index contributed by atoms with van der Waals surface area (Å²) in [4.78, 5) is 23.6. The molecule has 4 heteroatoms. The molecule has 4 nitrogen and oxygen atoms in total. The Morgan fingerprint density at radius 2 is 1.91 bits per heavy atom. The Bertz CT molecular complexity index is 438. The molecular weight excluding hydrogens is 278 g/mol. The van der Waals surface area contributed by atoms with Crippen molar-refractivity contribution < 1.29 is 14.3 Å². The molecule has 0 aromatic carbocycles. The van der Waals surface area contributed by atoms with Gasteiger partial charge in [0.2, 0.25) is 0 Å². The largest absolute Gasteiger partial charge is 0.465 e. The van der Waals surface area contributed by atoms with Gasteiger partial charge in [0.1, 0.15) is 0 Å². The SMILES string of the molecule is CCCCCC/C(C)=C/C(=O)/C=C1\NC(=O)[C@H](CCCC)O1. The number of nitrogens with one attached hydrogen (secondary N) is 1. The van der Waals surface area contributed by atoms with E-state index in [1.54, 1.807) is 6.08 Å². The van der Waals surface area contributed by atoms with Gasteiger partial charge in [-0.15, -0.1) is 0 Å². The van der Waals surface area contributed by atoms with Gasteiger partial charge in [-0.2, -0.15) is 0 Å². The normalized spacial score (nSPS) is 20.1. The number of unbranched alkanes of at least 4 members (excludes halogenated alkanes) is 4. The van der Waals surface area contributed by atoms with Crippen molar-refractivity contribution in [2.24, 2.45) is 0 Å². The lowest BCUT2D eigenvalue weighted by atomic mass is 10.1. The molecule has 1 rings (SSSR count). The van der Waals surface area contributed by atoms with E-state index in [1.165, 1.54) is 25.3 Å². The van der Waals surface area contributed by atoms with Crippen molar-refractivity contribution in [3.8, 4) is 0 Å². The van der Waals surface area contributed by atoms with Gasteiger partial charge in [0.25, 0.3) is 5.91 Å². The van der Waals surface area contributed by atoms with Gasteiger partial charge in [-0.1, -0.05) is 45.1 Å². The fraction of sp³-hybridized carbons (Fsp3) is 0.667. The molecule has 1 aliphatic rings. The van der Waals surface area contributed by atoms with E-state index in [0.717, 1.165) is 31.3 Å². The predicted octanol–water partition coefficient (Wildman–Crippen LogP) is 4.02. The third-order valence-electron chi connectivity index (χ3n) is 3.71. The van der Waals surface area contributed by atoms with Gasteiger partial charge in [-0.3, -0.25) is 14.9 Å². The zero-order chi connectivity index (χ0) is 16.4. The molecule has 1 aliphatic heterocycles. The van der Waals surface area contributed by atoms with E-state index in [1.807, 2.05) is 6.92 Å². The number of ether oxygens (including phenoxy) is 1. The standard InChI is InChI=1S/C18H29NO3/c1-4-6-8-9-10-14(3)12-15(20)13-17-19-18(21)16(22-17)11-7-5-2/h12-13,16H,4-11H2,1-3H3,(H,19,21)/b14-12+,17-13+/t16-/m0/s1. The van der Waals surface area contributed by atoms with Crippen LogP contribution in [-0.2, 0) is 14.3 Å². The van der Waals surface area contributed by atoms with Gasteiger partial charge in [0.05, 0.1) is 0 Å². The first-order valence-corrected chi connectivity index (χ1v) is 8.47. The number of carbonyl (C=O) groups excluding carboxylic acids is 2. The number of ketones is 1. The highest BCUT2D eigenvalue weighted by atomic mass is 16.5. The summed E-state index contributed by atoms with van der Waals surface area (Å²) in [6, 6.07) is 0. The fourth-order valence-corrected chi connectivity index (χ4v) is 2.40. The summed E-state index contributed by atoms with van der Waals surface area (Å²) in [5.41, 5.74) is 1.07. The minimum atomic E-state index is -0.446. The van der Waals surface area contributed by atoms with Crippen LogP contribution in [0.3, 0.4) is 0 Å². The predicted molar refractivity (Wildman–Crippen MR) is 88.1 cm³/mol. The van der Waals surface area contributed by atoms with Crippen molar-refractivity contribution >= 4 is 11.7 Å². The van der Waals surface area contributed by atoms with Crippen LogP contribution in [0.2, 0.25) is 0 Å². The maximum absolute atomic E-state index is 11.9. The van der Waals surface area contributed by atoms with Gasteiger partial charge in [0.15, 0.2) is 17.8 Å². The minimum Gasteiger partial charge on any atom is -0.465 e. The van der Waals surface area contributed by atoms with Gasteiger partial charge in [0, 0.05) is 6.08 Å². The molecular formula is C18H29NO3. The fourth-order valence-electron chi connectivity index (χ4n) is 2.40. The van der Waals surface area contributed by atoms with E-state index in [0.29, 0.717) is 6.42 Å². The van der Waals surface area contributed by atoms with E-state index in [2.05, 4.69) is 19.2 Å². The maximum atomic E-state index is 11.9. The first-order valence-electron chi connectivity index (χ1n) is 8.47. The van der Waals surface area contributed by atoms with Gasteiger partial charge < -0.3 is 4.74 Å². The molecule has 0 saturated carbocycles. The van der Waals surface area contributed by atoms with Crippen LogP contribution in [0.15, 0.2) is 23.6 Å². The van der Waals surface area contributed by atoms with E-state index < -0.39 is 6.10 Å². The van der Waals surface area contributed by atoms with E-state index in [9.17, 15) is 9.59 Å². The van der Waals surface area contributed by atoms with Gasteiger partial charge in [-0.25, -0.2) is 0 Å². The number of hydrogen-bond donors (Lipinski definition) is 1. The zero-order valence-corrected chi connectivity index (χ0v) is 14.1. The summed E-state index contributed by atoms with van der Waals surface area (Å²) in [6.45, 7) is 6.23. The molecule has 1 N–H and O–H groups in total. The number of rotatable bonds is 10.